The number of rotatable bonds is 6. The largest absolute Gasteiger partial charge is 0.440 e. The molecule has 0 spiro atoms. The van der Waals surface area contributed by atoms with Gasteiger partial charge in [0.2, 0.25) is 5.09 Å². The quantitative estimate of drug-likeness (QED) is 0.724. The highest BCUT2D eigenvalue weighted by molar-refractivity contribution is 7.89. The standard InChI is InChI=1S/C12H18N2O4S/c1-13(8-9-14-6-2-3-7-14)19(16,17)12-5-4-11(10-15)18-12/h4-5,10H,2-3,6-9H2,1H3. The first-order chi connectivity index (χ1) is 9.04. The molecule has 0 bridgehead atoms. The summed E-state index contributed by atoms with van der Waals surface area (Å²) in [7, 11) is -2.12. The van der Waals surface area contributed by atoms with Crippen LogP contribution in [0.4, 0.5) is 0 Å². The van der Waals surface area contributed by atoms with Gasteiger partial charge < -0.3 is 9.32 Å². The average molecular weight is 286 g/mol. The third-order valence-electron chi connectivity index (χ3n) is 3.31. The number of likely N-dealkylation sites (N-methyl/N-ethyl adjacent to an activating group) is 1. The molecule has 0 aliphatic carbocycles. The van der Waals surface area contributed by atoms with Gasteiger partial charge in [0.15, 0.2) is 12.0 Å². The molecule has 0 N–H and O–H groups in total. The van der Waals surface area contributed by atoms with Gasteiger partial charge in [-0.3, -0.25) is 4.79 Å². The molecule has 1 aliphatic rings. The summed E-state index contributed by atoms with van der Waals surface area (Å²) in [4.78, 5) is 12.7. The Kier molecular flexibility index (Phi) is 4.38. The molecule has 2 heterocycles. The number of furan rings is 1. The van der Waals surface area contributed by atoms with Gasteiger partial charge in [-0.15, -0.1) is 0 Å². The summed E-state index contributed by atoms with van der Waals surface area (Å²) < 4.78 is 30.6. The summed E-state index contributed by atoms with van der Waals surface area (Å²) in [5, 5.41) is -0.182. The molecule has 7 heteroatoms. The highest BCUT2D eigenvalue weighted by atomic mass is 32.2. The summed E-state index contributed by atoms with van der Waals surface area (Å²) in [5.41, 5.74) is 0. The van der Waals surface area contributed by atoms with E-state index in [4.69, 9.17) is 4.42 Å². The van der Waals surface area contributed by atoms with E-state index in [-0.39, 0.29) is 10.9 Å². The van der Waals surface area contributed by atoms with E-state index in [0.717, 1.165) is 19.6 Å². The molecule has 1 aliphatic heterocycles. The molecule has 106 valence electrons. The first-order valence-corrected chi connectivity index (χ1v) is 7.72. The second-order valence-electron chi connectivity index (χ2n) is 4.65. The molecule has 0 radical (unpaired) electrons. The van der Waals surface area contributed by atoms with Gasteiger partial charge in [-0.2, -0.15) is 4.31 Å². The van der Waals surface area contributed by atoms with E-state index in [1.807, 2.05) is 0 Å². The zero-order valence-corrected chi connectivity index (χ0v) is 11.7. The monoisotopic (exact) mass is 286 g/mol. The fraction of sp³-hybridized carbons (Fsp3) is 0.583. The molecule has 0 saturated carbocycles. The summed E-state index contributed by atoms with van der Waals surface area (Å²) in [6.45, 7) is 3.20. The summed E-state index contributed by atoms with van der Waals surface area (Å²) in [6.07, 6.45) is 2.85. The Balaban J connectivity index is 1.99. The van der Waals surface area contributed by atoms with E-state index in [9.17, 15) is 13.2 Å². The molecule has 6 nitrogen and oxygen atoms in total. The third kappa shape index (κ3) is 3.23. The minimum Gasteiger partial charge on any atom is -0.440 e. The topological polar surface area (TPSA) is 70.8 Å². The summed E-state index contributed by atoms with van der Waals surface area (Å²) >= 11 is 0. The van der Waals surface area contributed by atoms with E-state index in [0.29, 0.717) is 12.8 Å². The lowest BCUT2D eigenvalue weighted by Crippen LogP contribution is -2.35. The van der Waals surface area contributed by atoms with Crippen LogP contribution in [0.25, 0.3) is 0 Å². The molecule has 0 amide bonds. The van der Waals surface area contributed by atoms with Crippen molar-refractivity contribution in [3.63, 3.8) is 0 Å². The number of hydrogen-bond acceptors (Lipinski definition) is 5. The van der Waals surface area contributed by atoms with E-state index in [2.05, 4.69) is 4.90 Å². The van der Waals surface area contributed by atoms with Crippen LogP contribution in [0.2, 0.25) is 0 Å². The zero-order chi connectivity index (χ0) is 13.9. The maximum absolute atomic E-state index is 12.2. The Morgan fingerprint density at radius 1 is 1.37 bits per heavy atom. The number of carbonyl (C=O) groups excluding carboxylic acids is 1. The molecule has 1 aromatic heterocycles. The van der Waals surface area contributed by atoms with E-state index in [1.165, 1.54) is 36.3 Å². The first kappa shape index (κ1) is 14.2. The van der Waals surface area contributed by atoms with Gasteiger partial charge in [0, 0.05) is 20.1 Å². The van der Waals surface area contributed by atoms with Crippen molar-refractivity contribution in [3.05, 3.63) is 17.9 Å². The molecule has 0 aromatic carbocycles. The Morgan fingerprint density at radius 3 is 2.63 bits per heavy atom. The second-order valence-corrected chi connectivity index (χ2v) is 6.63. The zero-order valence-electron chi connectivity index (χ0n) is 10.9. The van der Waals surface area contributed by atoms with E-state index in [1.54, 1.807) is 0 Å². The van der Waals surface area contributed by atoms with Crippen molar-refractivity contribution in [3.8, 4) is 0 Å². The van der Waals surface area contributed by atoms with Crippen molar-refractivity contribution < 1.29 is 17.6 Å². The molecular formula is C12H18N2O4S. The number of hydrogen-bond donors (Lipinski definition) is 0. The number of sulfonamides is 1. The van der Waals surface area contributed by atoms with Crippen LogP contribution in [0.1, 0.15) is 23.4 Å². The molecule has 19 heavy (non-hydrogen) atoms. The van der Waals surface area contributed by atoms with E-state index < -0.39 is 10.0 Å². The van der Waals surface area contributed by atoms with Crippen LogP contribution < -0.4 is 0 Å². The van der Waals surface area contributed by atoms with Crippen molar-refractivity contribution >= 4 is 16.3 Å². The van der Waals surface area contributed by atoms with Crippen LogP contribution in [-0.4, -0.2) is 57.1 Å². The number of carbonyl (C=O) groups is 1. The third-order valence-corrected chi connectivity index (χ3v) is 5.04. The minimum absolute atomic E-state index is 0.0199. The van der Waals surface area contributed by atoms with Crippen LogP contribution in [0.5, 0.6) is 0 Å². The summed E-state index contributed by atoms with van der Waals surface area (Å²) in [5.74, 6) is 0.0199. The highest BCUT2D eigenvalue weighted by Gasteiger charge is 2.25. The van der Waals surface area contributed by atoms with Gasteiger partial charge in [0.25, 0.3) is 10.0 Å². The Morgan fingerprint density at radius 2 is 2.05 bits per heavy atom. The second kappa shape index (κ2) is 5.85. The maximum atomic E-state index is 12.2. The molecule has 1 saturated heterocycles. The summed E-state index contributed by atoms with van der Waals surface area (Å²) in [6, 6.07) is 2.67. The molecule has 0 atom stereocenters. The number of nitrogens with zero attached hydrogens (tertiary/aromatic N) is 2. The fourth-order valence-electron chi connectivity index (χ4n) is 2.10. The minimum atomic E-state index is -3.64. The van der Waals surface area contributed by atoms with Crippen molar-refractivity contribution in [1.29, 1.82) is 0 Å². The molecule has 0 unspecified atom stereocenters. The lowest BCUT2D eigenvalue weighted by molar-refractivity contribution is 0.109. The molecule has 1 aromatic rings. The van der Waals surface area contributed by atoms with Crippen LogP contribution in [-0.2, 0) is 10.0 Å². The predicted molar refractivity (Wildman–Crippen MR) is 69.6 cm³/mol. The fourth-order valence-corrected chi connectivity index (χ4v) is 3.17. The molecule has 2 rings (SSSR count). The van der Waals surface area contributed by atoms with Crippen LogP contribution in [0.3, 0.4) is 0 Å². The number of likely N-dealkylation sites (tertiary alicyclic amines) is 1. The van der Waals surface area contributed by atoms with Crippen LogP contribution in [0, 0.1) is 0 Å². The maximum Gasteiger partial charge on any atom is 0.276 e. The van der Waals surface area contributed by atoms with Crippen molar-refractivity contribution in [1.82, 2.24) is 9.21 Å². The van der Waals surface area contributed by atoms with Gasteiger partial charge in [0.05, 0.1) is 0 Å². The van der Waals surface area contributed by atoms with Gasteiger partial charge in [-0.1, -0.05) is 0 Å². The van der Waals surface area contributed by atoms with Gasteiger partial charge in [-0.05, 0) is 38.1 Å². The van der Waals surface area contributed by atoms with Crippen molar-refractivity contribution in [2.45, 2.75) is 17.9 Å². The average Bonchev–Trinajstić information content (AvgIpc) is 3.06. The Labute approximate surface area is 113 Å². The predicted octanol–water partition coefficient (Wildman–Crippen LogP) is 0.808. The lowest BCUT2D eigenvalue weighted by atomic mass is 10.4. The first-order valence-electron chi connectivity index (χ1n) is 6.28. The number of aldehydes is 1. The molecule has 1 fully saturated rings. The smallest absolute Gasteiger partial charge is 0.276 e. The van der Waals surface area contributed by atoms with E-state index >= 15 is 0 Å². The SMILES string of the molecule is CN(CCN1CCCC1)S(=O)(=O)c1ccc(C=O)o1. The Bertz CT molecular complexity index is 532. The van der Waals surface area contributed by atoms with Gasteiger partial charge >= 0.3 is 0 Å². The highest BCUT2D eigenvalue weighted by Crippen LogP contribution is 2.17. The van der Waals surface area contributed by atoms with Crippen molar-refractivity contribution in [2.24, 2.45) is 0 Å². The normalized spacial score (nSPS) is 17.2. The van der Waals surface area contributed by atoms with Crippen molar-refractivity contribution in [2.75, 3.05) is 33.2 Å². The van der Waals surface area contributed by atoms with Crippen LogP contribution >= 0.6 is 0 Å². The molecular weight excluding hydrogens is 268 g/mol. The lowest BCUT2D eigenvalue weighted by Gasteiger charge is -2.20. The van der Waals surface area contributed by atoms with Gasteiger partial charge in [0.1, 0.15) is 0 Å². The van der Waals surface area contributed by atoms with Crippen LogP contribution in [0.15, 0.2) is 21.6 Å². The Hall–Kier alpha value is -1.18. The van der Waals surface area contributed by atoms with Gasteiger partial charge in [-0.25, -0.2) is 8.42 Å².